The van der Waals surface area contributed by atoms with Crippen molar-refractivity contribution >= 4 is 5.97 Å². The predicted octanol–water partition coefficient (Wildman–Crippen LogP) is -0.613. The van der Waals surface area contributed by atoms with Crippen molar-refractivity contribution < 1.29 is 9.53 Å². The fourth-order valence-corrected chi connectivity index (χ4v) is 1.71. The average Bonchev–Trinajstić information content (AvgIpc) is 2.27. The maximum Gasteiger partial charge on any atom is 0.319 e. The molecule has 0 spiro atoms. The zero-order valence-electron chi connectivity index (χ0n) is 10.4. The van der Waals surface area contributed by atoms with Gasteiger partial charge in [0, 0.05) is 39.3 Å². The molecule has 0 bridgehead atoms. The van der Waals surface area contributed by atoms with Gasteiger partial charge in [0.05, 0.1) is 13.2 Å². The number of ether oxygens (including phenoxy) is 1. The van der Waals surface area contributed by atoms with Crippen LogP contribution < -0.4 is 5.32 Å². The molecule has 5 heteroatoms. The van der Waals surface area contributed by atoms with Crippen molar-refractivity contribution in [1.29, 1.82) is 0 Å². The molecule has 16 heavy (non-hydrogen) atoms. The summed E-state index contributed by atoms with van der Waals surface area (Å²) in [4.78, 5) is 15.8. The Morgan fingerprint density at radius 3 is 2.62 bits per heavy atom. The van der Waals surface area contributed by atoms with Crippen LogP contribution in [0.3, 0.4) is 0 Å². The highest BCUT2D eigenvalue weighted by Gasteiger charge is 2.12. The molecule has 0 aliphatic carbocycles. The molecule has 1 N–H and O–H groups in total. The van der Waals surface area contributed by atoms with Gasteiger partial charge < -0.3 is 15.0 Å². The van der Waals surface area contributed by atoms with Crippen molar-refractivity contribution in [2.24, 2.45) is 0 Å². The summed E-state index contributed by atoms with van der Waals surface area (Å²) in [5.74, 6) is -0.166. The van der Waals surface area contributed by atoms with Gasteiger partial charge in [0.25, 0.3) is 0 Å². The molecule has 0 radical (unpaired) electrons. The van der Waals surface area contributed by atoms with Crippen LogP contribution in [0, 0.1) is 0 Å². The van der Waals surface area contributed by atoms with E-state index in [2.05, 4.69) is 22.2 Å². The molecule has 1 aliphatic heterocycles. The highest BCUT2D eigenvalue weighted by Crippen LogP contribution is 1.97. The third-order valence-corrected chi connectivity index (χ3v) is 2.78. The van der Waals surface area contributed by atoms with Crippen LogP contribution in [-0.4, -0.2) is 75.2 Å². The van der Waals surface area contributed by atoms with E-state index in [9.17, 15) is 4.79 Å². The molecule has 0 aromatic heterocycles. The Morgan fingerprint density at radius 1 is 1.31 bits per heavy atom. The van der Waals surface area contributed by atoms with Crippen LogP contribution in [0.25, 0.3) is 0 Å². The lowest BCUT2D eigenvalue weighted by Gasteiger charge is -2.32. The van der Waals surface area contributed by atoms with Crippen LogP contribution in [0.5, 0.6) is 0 Å². The van der Waals surface area contributed by atoms with E-state index in [1.54, 1.807) is 0 Å². The second-order valence-electron chi connectivity index (χ2n) is 4.13. The van der Waals surface area contributed by atoms with E-state index in [1.807, 2.05) is 6.92 Å². The zero-order valence-corrected chi connectivity index (χ0v) is 10.4. The normalized spacial score (nSPS) is 18.6. The van der Waals surface area contributed by atoms with E-state index in [0.717, 1.165) is 39.3 Å². The third-order valence-electron chi connectivity index (χ3n) is 2.78. The number of hydrogen-bond donors (Lipinski definition) is 1. The molecule has 1 aliphatic rings. The Bertz CT molecular complexity index is 203. The molecular weight excluding hydrogens is 206 g/mol. The maximum atomic E-state index is 11.0. The van der Waals surface area contributed by atoms with Gasteiger partial charge in [0.1, 0.15) is 0 Å². The maximum absolute atomic E-state index is 11.0. The van der Waals surface area contributed by atoms with Crippen molar-refractivity contribution in [3.63, 3.8) is 0 Å². The number of likely N-dealkylation sites (N-methyl/N-ethyl adjacent to an activating group) is 1. The number of nitrogens with one attached hydrogen (secondary N) is 1. The Kier molecular flexibility index (Phi) is 6.37. The van der Waals surface area contributed by atoms with Gasteiger partial charge in [-0.15, -0.1) is 0 Å². The SMILES string of the molecule is CCOC(=O)CNCCN1CCN(C)CC1. The average molecular weight is 229 g/mol. The molecule has 0 atom stereocenters. The number of carbonyl (C=O) groups excluding carboxylic acids is 1. The minimum Gasteiger partial charge on any atom is -0.465 e. The van der Waals surface area contributed by atoms with E-state index in [0.29, 0.717) is 13.2 Å². The number of carbonyl (C=O) groups is 1. The summed E-state index contributed by atoms with van der Waals surface area (Å²) in [5, 5.41) is 3.10. The molecule has 1 saturated heterocycles. The summed E-state index contributed by atoms with van der Waals surface area (Å²) in [6.45, 7) is 8.98. The first-order valence-corrected chi connectivity index (χ1v) is 5.99. The van der Waals surface area contributed by atoms with Crippen LogP contribution in [0.4, 0.5) is 0 Å². The molecule has 0 saturated carbocycles. The molecule has 1 rings (SSSR count). The second-order valence-corrected chi connectivity index (χ2v) is 4.13. The van der Waals surface area contributed by atoms with Crippen LogP contribution >= 0.6 is 0 Å². The van der Waals surface area contributed by atoms with Crippen molar-refractivity contribution in [3.8, 4) is 0 Å². The lowest BCUT2D eigenvalue weighted by atomic mass is 10.3. The highest BCUT2D eigenvalue weighted by molar-refractivity contribution is 5.71. The topological polar surface area (TPSA) is 44.8 Å². The first kappa shape index (κ1) is 13.4. The Hall–Kier alpha value is -0.650. The van der Waals surface area contributed by atoms with Crippen molar-refractivity contribution in [3.05, 3.63) is 0 Å². The first-order chi connectivity index (χ1) is 7.72. The van der Waals surface area contributed by atoms with E-state index < -0.39 is 0 Å². The number of hydrogen-bond acceptors (Lipinski definition) is 5. The monoisotopic (exact) mass is 229 g/mol. The van der Waals surface area contributed by atoms with E-state index in [1.165, 1.54) is 0 Å². The molecule has 0 unspecified atom stereocenters. The number of nitrogens with zero attached hydrogens (tertiary/aromatic N) is 2. The van der Waals surface area contributed by atoms with Crippen LogP contribution in [0.2, 0.25) is 0 Å². The quantitative estimate of drug-likeness (QED) is 0.486. The fraction of sp³-hybridized carbons (Fsp3) is 0.909. The molecule has 0 aromatic rings. The molecule has 0 amide bonds. The fourth-order valence-electron chi connectivity index (χ4n) is 1.71. The van der Waals surface area contributed by atoms with Gasteiger partial charge in [-0.2, -0.15) is 0 Å². The van der Waals surface area contributed by atoms with Crippen LogP contribution in [0.15, 0.2) is 0 Å². The Morgan fingerprint density at radius 2 is 2.00 bits per heavy atom. The summed E-state index contributed by atoms with van der Waals surface area (Å²) < 4.78 is 4.83. The standard InChI is InChI=1S/C11H23N3O2/c1-3-16-11(15)10-12-4-5-14-8-6-13(2)7-9-14/h12H,3-10H2,1-2H3. The summed E-state index contributed by atoms with van der Waals surface area (Å²) in [6.07, 6.45) is 0. The number of esters is 1. The second kappa shape index (κ2) is 7.60. The van der Waals surface area contributed by atoms with Gasteiger partial charge in [-0.1, -0.05) is 0 Å². The first-order valence-electron chi connectivity index (χ1n) is 5.99. The Balaban J connectivity index is 1.97. The molecular formula is C11H23N3O2. The zero-order chi connectivity index (χ0) is 11.8. The van der Waals surface area contributed by atoms with E-state index in [-0.39, 0.29) is 5.97 Å². The van der Waals surface area contributed by atoms with Gasteiger partial charge in [0.15, 0.2) is 0 Å². The minimum atomic E-state index is -0.166. The molecule has 1 fully saturated rings. The van der Waals surface area contributed by atoms with Gasteiger partial charge in [-0.25, -0.2) is 0 Å². The highest BCUT2D eigenvalue weighted by atomic mass is 16.5. The van der Waals surface area contributed by atoms with Crippen molar-refractivity contribution in [2.75, 3.05) is 59.5 Å². The smallest absolute Gasteiger partial charge is 0.319 e. The third kappa shape index (κ3) is 5.44. The molecule has 5 nitrogen and oxygen atoms in total. The van der Waals surface area contributed by atoms with E-state index in [4.69, 9.17) is 4.74 Å². The minimum absolute atomic E-state index is 0.166. The molecule has 1 heterocycles. The van der Waals surface area contributed by atoms with Crippen LogP contribution in [0.1, 0.15) is 6.92 Å². The van der Waals surface area contributed by atoms with Gasteiger partial charge >= 0.3 is 5.97 Å². The molecule has 0 aromatic carbocycles. The van der Waals surface area contributed by atoms with Gasteiger partial charge in [-0.05, 0) is 14.0 Å². The lowest BCUT2D eigenvalue weighted by Crippen LogP contribution is -2.46. The summed E-state index contributed by atoms with van der Waals surface area (Å²) >= 11 is 0. The molecule has 94 valence electrons. The van der Waals surface area contributed by atoms with Crippen molar-refractivity contribution in [2.45, 2.75) is 6.92 Å². The number of piperazine rings is 1. The van der Waals surface area contributed by atoms with E-state index >= 15 is 0 Å². The number of rotatable bonds is 6. The van der Waals surface area contributed by atoms with Crippen molar-refractivity contribution in [1.82, 2.24) is 15.1 Å². The van der Waals surface area contributed by atoms with Gasteiger partial charge in [-0.3, -0.25) is 9.69 Å². The summed E-state index contributed by atoms with van der Waals surface area (Å²) in [6, 6.07) is 0. The van der Waals surface area contributed by atoms with Gasteiger partial charge in [0.2, 0.25) is 0 Å². The predicted molar refractivity (Wildman–Crippen MR) is 63.4 cm³/mol. The van der Waals surface area contributed by atoms with Crippen LogP contribution in [-0.2, 0) is 9.53 Å². The summed E-state index contributed by atoms with van der Waals surface area (Å²) in [5.41, 5.74) is 0. The lowest BCUT2D eigenvalue weighted by molar-refractivity contribution is -0.142. The summed E-state index contributed by atoms with van der Waals surface area (Å²) in [7, 11) is 2.15. The Labute approximate surface area is 97.7 Å². The largest absolute Gasteiger partial charge is 0.465 e.